The SMILES string of the molecule is COc1c(C2CCC2)ccc(-c2ccc(Nc3ccccc3)nn2)c1F. The normalized spacial score (nSPS) is 13.9. The van der Waals surface area contributed by atoms with E-state index in [1.807, 2.05) is 36.4 Å². The van der Waals surface area contributed by atoms with Crippen molar-refractivity contribution in [3.05, 3.63) is 66.0 Å². The molecule has 1 fully saturated rings. The lowest BCUT2D eigenvalue weighted by atomic mass is 9.79. The first-order valence-corrected chi connectivity index (χ1v) is 8.79. The number of benzene rings is 2. The molecular weight excluding hydrogens is 329 g/mol. The van der Waals surface area contributed by atoms with E-state index < -0.39 is 0 Å². The Hall–Kier alpha value is -2.95. The molecule has 0 atom stereocenters. The standard InChI is InChI=1S/C21H20FN3O/c1-26-21-16(14-6-5-7-14)10-11-17(20(21)22)18-12-13-19(25-24-18)23-15-8-3-2-4-9-15/h2-4,8-14H,5-7H2,1H3,(H,23,25). The molecule has 1 aromatic heterocycles. The summed E-state index contributed by atoms with van der Waals surface area (Å²) in [7, 11) is 1.52. The highest BCUT2D eigenvalue weighted by atomic mass is 19.1. The van der Waals surface area contributed by atoms with Gasteiger partial charge in [0.1, 0.15) is 0 Å². The Morgan fingerprint density at radius 3 is 2.42 bits per heavy atom. The van der Waals surface area contributed by atoms with Gasteiger partial charge in [-0.25, -0.2) is 4.39 Å². The van der Waals surface area contributed by atoms with Gasteiger partial charge in [-0.05, 0) is 49.1 Å². The maximum Gasteiger partial charge on any atom is 0.174 e. The van der Waals surface area contributed by atoms with E-state index in [9.17, 15) is 4.39 Å². The fourth-order valence-electron chi connectivity index (χ4n) is 3.23. The van der Waals surface area contributed by atoms with Gasteiger partial charge in [-0.3, -0.25) is 0 Å². The monoisotopic (exact) mass is 349 g/mol. The van der Waals surface area contributed by atoms with Crippen LogP contribution in [-0.2, 0) is 0 Å². The van der Waals surface area contributed by atoms with Crippen LogP contribution in [0.25, 0.3) is 11.3 Å². The van der Waals surface area contributed by atoms with Crippen LogP contribution >= 0.6 is 0 Å². The van der Waals surface area contributed by atoms with E-state index in [1.54, 1.807) is 18.2 Å². The smallest absolute Gasteiger partial charge is 0.174 e. The zero-order chi connectivity index (χ0) is 17.9. The van der Waals surface area contributed by atoms with Gasteiger partial charge in [0, 0.05) is 16.8 Å². The quantitative estimate of drug-likeness (QED) is 0.679. The molecule has 26 heavy (non-hydrogen) atoms. The number of methoxy groups -OCH3 is 1. The molecule has 0 amide bonds. The maximum absolute atomic E-state index is 15.0. The molecular formula is C21H20FN3O. The Morgan fingerprint density at radius 1 is 1.00 bits per heavy atom. The van der Waals surface area contributed by atoms with E-state index in [4.69, 9.17) is 4.74 Å². The molecule has 2 aromatic carbocycles. The Kier molecular flexibility index (Phi) is 4.52. The van der Waals surface area contributed by atoms with E-state index >= 15 is 0 Å². The second-order valence-corrected chi connectivity index (χ2v) is 6.47. The predicted molar refractivity (Wildman–Crippen MR) is 100 cm³/mol. The predicted octanol–water partition coefficient (Wildman–Crippen LogP) is 5.30. The molecule has 4 nitrogen and oxygen atoms in total. The van der Waals surface area contributed by atoms with E-state index in [1.165, 1.54) is 13.5 Å². The molecule has 0 spiro atoms. The first-order chi connectivity index (χ1) is 12.8. The number of rotatable bonds is 5. The Balaban J connectivity index is 1.61. The summed E-state index contributed by atoms with van der Waals surface area (Å²) in [6.07, 6.45) is 3.38. The van der Waals surface area contributed by atoms with Gasteiger partial charge in [-0.1, -0.05) is 30.7 Å². The molecule has 0 saturated heterocycles. The van der Waals surface area contributed by atoms with Crippen LogP contribution in [0.5, 0.6) is 5.75 Å². The Bertz CT molecular complexity index is 893. The van der Waals surface area contributed by atoms with Crippen molar-refractivity contribution in [1.82, 2.24) is 10.2 Å². The number of nitrogens with one attached hydrogen (secondary N) is 1. The van der Waals surface area contributed by atoms with Crippen LogP contribution in [0.1, 0.15) is 30.7 Å². The molecule has 3 aromatic rings. The molecule has 1 heterocycles. The van der Waals surface area contributed by atoms with E-state index in [-0.39, 0.29) is 5.82 Å². The lowest BCUT2D eigenvalue weighted by Crippen LogP contribution is -2.11. The molecule has 0 unspecified atom stereocenters. The van der Waals surface area contributed by atoms with Crippen molar-refractivity contribution in [2.45, 2.75) is 25.2 Å². The van der Waals surface area contributed by atoms with Gasteiger partial charge in [0.25, 0.3) is 0 Å². The van der Waals surface area contributed by atoms with Crippen LogP contribution in [0.3, 0.4) is 0 Å². The number of aromatic nitrogens is 2. The van der Waals surface area contributed by atoms with Gasteiger partial charge < -0.3 is 10.1 Å². The van der Waals surface area contributed by atoms with Gasteiger partial charge in [-0.2, -0.15) is 0 Å². The molecule has 5 heteroatoms. The van der Waals surface area contributed by atoms with Crippen LogP contribution in [0.2, 0.25) is 0 Å². The topological polar surface area (TPSA) is 47.0 Å². The lowest BCUT2D eigenvalue weighted by molar-refractivity contribution is 0.355. The number of para-hydroxylation sites is 1. The van der Waals surface area contributed by atoms with Crippen molar-refractivity contribution in [3.63, 3.8) is 0 Å². The second-order valence-electron chi connectivity index (χ2n) is 6.47. The number of ether oxygens (including phenoxy) is 1. The largest absolute Gasteiger partial charge is 0.493 e. The van der Waals surface area contributed by atoms with Crippen molar-refractivity contribution in [2.24, 2.45) is 0 Å². The molecule has 1 saturated carbocycles. The van der Waals surface area contributed by atoms with Crippen molar-refractivity contribution in [3.8, 4) is 17.0 Å². The molecule has 0 radical (unpaired) electrons. The third-order valence-electron chi connectivity index (χ3n) is 4.86. The minimum atomic E-state index is -0.366. The third kappa shape index (κ3) is 3.12. The number of hydrogen-bond acceptors (Lipinski definition) is 4. The number of hydrogen-bond donors (Lipinski definition) is 1. The average molecular weight is 349 g/mol. The summed E-state index contributed by atoms with van der Waals surface area (Å²) in [5.74, 6) is 0.978. The van der Waals surface area contributed by atoms with Gasteiger partial charge in [0.15, 0.2) is 17.4 Å². The summed E-state index contributed by atoms with van der Waals surface area (Å²) < 4.78 is 20.3. The minimum Gasteiger partial charge on any atom is -0.493 e. The highest BCUT2D eigenvalue weighted by molar-refractivity contribution is 5.65. The lowest BCUT2D eigenvalue weighted by Gasteiger charge is -2.27. The first kappa shape index (κ1) is 16.5. The minimum absolute atomic E-state index is 0.334. The summed E-state index contributed by atoms with van der Waals surface area (Å²) in [4.78, 5) is 0. The van der Waals surface area contributed by atoms with E-state index in [0.29, 0.717) is 28.7 Å². The van der Waals surface area contributed by atoms with Gasteiger partial charge >= 0.3 is 0 Å². The van der Waals surface area contributed by atoms with Crippen molar-refractivity contribution in [2.75, 3.05) is 12.4 Å². The fourth-order valence-corrected chi connectivity index (χ4v) is 3.23. The third-order valence-corrected chi connectivity index (χ3v) is 4.86. The van der Waals surface area contributed by atoms with Crippen molar-refractivity contribution in [1.29, 1.82) is 0 Å². The molecule has 0 bridgehead atoms. The number of nitrogens with zero attached hydrogens (tertiary/aromatic N) is 2. The van der Waals surface area contributed by atoms with Crippen LogP contribution < -0.4 is 10.1 Å². The molecule has 1 aliphatic rings. The average Bonchev–Trinajstić information content (AvgIpc) is 2.62. The van der Waals surface area contributed by atoms with Gasteiger partial charge in [0.05, 0.1) is 12.8 Å². The summed E-state index contributed by atoms with van der Waals surface area (Å²) in [6, 6.07) is 17.0. The molecule has 1 aliphatic carbocycles. The number of anilines is 2. The highest BCUT2D eigenvalue weighted by Crippen LogP contribution is 2.43. The van der Waals surface area contributed by atoms with E-state index in [2.05, 4.69) is 15.5 Å². The summed E-state index contributed by atoms with van der Waals surface area (Å²) in [5, 5.41) is 11.5. The molecule has 132 valence electrons. The zero-order valence-electron chi connectivity index (χ0n) is 14.6. The molecule has 0 aliphatic heterocycles. The van der Waals surface area contributed by atoms with Gasteiger partial charge in [0.2, 0.25) is 0 Å². The van der Waals surface area contributed by atoms with Crippen LogP contribution in [0.4, 0.5) is 15.9 Å². The zero-order valence-corrected chi connectivity index (χ0v) is 14.6. The van der Waals surface area contributed by atoms with Crippen molar-refractivity contribution < 1.29 is 9.13 Å². The maximum atomic E-state index is 15.0. The van der Waals surface area contributed by atoms with E-state index in [0.717, 1.165) is 24.1 Å². The van der Waals surface area contributed by atoms with Gasteiger partial charge in [-0.15, -0.1) is 10.2 Å². The highest BCUT2D eigenvalue weighted by Gasteiger charge is 2.26. The Morgan fingerprint density at radius 2 is 1.81 bits per heavy atom. The summed E-state index contributed by atoms with van der Waals surface area (Å²) in [6.45, 7) is 0. The second kappa shape index (κ2) is 7.12. The summed E-state index contributed by atoms with van der Waals surface area (Å²) >= 11 is 0. The number of halogens is 1. The molecule has 1 N–H and O–H groups in total. The molecule has 4 rings (SSSR count). The Labute approximate surface area is 152 Å². The van der Waals surface area contributed by atoms with Crippen LogP contribution in [0.15, 0.2) is 54.6 Å². The fraction of sp³-hybridized carbons (Fsp3) is 0.238. The van der Waals surface area contributed by atoms with Crippen molar-refractivity contribution >= 4 is 11.5 Å². The van der Waals surface area contributed by atoms with Crippen LogP contribution in [-0.4, -0.2) is 17.3 Å². The summed E-state index contributed by atoms with van der Waals surface area (Å²) in [5.41, 5.74) is 2.77. The first-order valence-electron chi connectivity index (χ1n) is 8.79. The van der Waals surface area contributed by atoms with Crippen LogP contribution in [0, 0.1) is 5.82 Å².